The number of nitrogens with one attached hydrogen (secondary N) is 1. The lowest BCUT2D eigenvalue weighted by Gasteiger charge is -2.27. The number of hydrogen-bond acceptors (Lipinski definition) is 5. The van der Waals surface area contributed by atoms with Crippen LogP contribution in [0.5, 0.6) is 0 Å². The maximum absolute atomic E-state index is 10.9. The van der Waals surface area contributed by atoms with Gasteiger partial charge in [-0.05, 0) is 37.9 Å². The molecule has 0 bridgehead atoms. The van der Waals surface area contributed by atoms with Gasteiger partial charge in [0.2, 0.25) is 0 Å². The lowest BCUT2D eigenvalue weighted by molar-refractivity contribution is -0.385. The third-order valence-corrected chi connectivity index (χ3v) is 3.76. The van der Waals surface area contributed by atoms with Crippen LogP contribution in [-0.4, -0.2) is 30.6 Å². The molecule has 0 spiro atoms. The summed E-state index contributed by atoms with van der Waals surface area (Å²) in [5, 5.41) is 23.5. The molecule has 0 aliphatic carbocycles. The Morgan fingerprint density at radius 3 is 2.95 bits per heavy atom. The van der Waals surface area contributed by atoms with Gasteiger partial charge >= 0.3 is 0 Å². The van der Waals surface area contributed by atoms with E-state index < -0.39 is 4.92 Å². The number of anilines is 1. The third-order valence-electron chi connectivity index (χ3n) is 3.76. The van der Waals surface area contributed by atoms with Crippen molar-refractivity contribution in [3.8, 4) is 6.07 Å². The Morgan fingerprint density at radius 1 is 1.57 bits per heavy atom. The number of rotatable bonds is 6. The minimum absolute atomic E-state index is 0.123. The fourth-order valence-corrected chi connectivity index (χ4v) is 2.74. The summed E-state index contributed by atoms with van der Waals surface area (Å²) in [6.45, 7) is 4.90. The highest BCUT2D eigenvalue weighted by Gasteiger charge is 2.20. The number of benzene rings is 1. The normalized spacial score (nSPS) is 17.4. The second-order valence-electron chi connectivity index (χ2n) is 5.31. The predicted octanol–water partition coefficient (Wildman–Crippen LogP) is 2.43. The minimum atomic E-state index is -0.509. The monoisotopic (exact) mass is 288 g/mol. The maximum atomic E-state index is 10.9. The van der Waals surface area contributed by atoms with Crippen LogP contribution in [0, 0.1) is 21.4 Å². The van der Waals surface area contributed by atoms with Crippen LogP contribution in [0.3, 0.4) is 0 Å². The van der Waals surface area contributed by atoms with Gasteiger partial charge in [-0.1, -0.05) is 6.92 Å². The van der Waals surface area contributed by atoms with E-state index in [9.17, 15) is 10.1 Å². The zero-order chi connectivity index (χ0) is 15.2. The molecule has 1 fully saturated rings. The minimum Gasteiger partial charge on any atom is -0.370 e. The van der Waals surface area contributed by atoms with Crippen molar-refractivity contribution in [2.75, 3.05) is 24.5 Å². The van der Waals surface area contributed by atoms with E-state index in [1.807, 2.05) is 6.07 Å². The lowest BCUT2D eigenvalue weighted by Crippen LogP contribution is -2.38. The van der Waals surface area contributed by atoms with Crippen molar-refractivity contribution in [1.82, 2.24) is 5.32 Å². The van der Waals surface area contributed by atoms with Crippen molar-refractivity contribution < 1.29 is 4.92 Å². The Labute approximate surface area is 124 Å². The van der Waals surface area contributed by atoms with E-state index in [0.717, 1.165) is 38.2 Å². The largest absolute Gasteiger partial charge is 0.370 e. The summed E-state index contributed by atoms with van der Waals surface area (Å²) >= 11 is 0. The van der Waals surface area contributed by atoms with E-state index in [-0.39, 0.29) is 11.3 Å². The van der Waals surface area contributed by atoms with Gasteiger partial charge in [-0.2, -0.15) is 5.26 Å². The fourth-order valence-electron chi connectivity index (χ4n) is 2.74. The smallest absolute Gasteiger partial charge is 0.287 e. The van der Waals surface area contributed by atoms with Crippen molar-refractivity contribution >= 4 is 11.4 Å². The van der Waals surface area contributed by atoms with Crippen LogP contribution in [0.25, 0.3) is 0 Å². The summed E-state index contributed by atoms with van der Waals surface area (Å²) in [6.07, 6.45) is 3.33. The molecular formula is C15H20N4O2. The molecule has 2 rings (SSSR count). The van der Waals surface area contributed by atoms with Crippen molar-refractivity contribution in [2.45, 2.75) is 32.2 Å². The highest BCUT2D eigenvalue weighted by molar-refractivity contribution is 5.60. The molecule has 1 aliphatic heterocycles. The molecule has 1 aromatic carbocycles. The zero-order valence-corrected chi connectivity index (χ0v) is 12.2. The molecule has 1 saturated heterocycles. The average Bonchev–Trinajstić information content (AvgIpc) is 2.99. The average molecular weight is 288 g/mol. The van der Waals surface area contributed by atoms with E-state index in [2.05, 4.69) is 17.1 Å². The third kappa shape index (κ3) is 3.70. The quantitative estimate of drug-likeness (QED) is 0.642. The summed E-state index contributed by atoms with van der Waals surface area (Å²) in [7, 11) is 0. The van der Waals surface area contributed by atoms with Crippen LogP contribution in [-0.2, 0) is 0 Å². The summed E-state index contributed by atoms with van der Waals surface area (Å²) in [5.74, 6) is 0. The second-order valence-corrected chi connectivity index (χ2v) is 5.31. The molecule has 1 atom stereocenters. The molecule has 1 N–H and O–H groups in total. The molecular weight excluding hydrogens is 268 g/mol. The van der Waals surface area contributed by atoms with Gasteiger partial charge in [-0.15, -0.1) is 0 Å². The number of nitro groups is 1. The number of nitrogens with zero attached hydrogens (tertiary/aromatic N) is 3. The molecule has 0 radical (unpaired) electrons. The molecule has 0 amide bonds. The van der Waals surface area contributed by atoms with Gasteiger partial charge in [-0.25, -0.2) is 0 Å². The first-order valence-corrected chi connectivity index (χ1v) is 7.32. The summed E-state index contributed by atoms with van der Waals surface area (Å²) in [5.41, 5.74) is 0.877. The highest BCUT2D eigenvalue weighted by atomic mass is 16.6. The van der Waals surface area contributed by atoms with Crippen LogP contribution in [0.4, 0.5) is 11.4 Å². The summed E-state index contributed by atoms with van der Waals surface area (Å²) in [6, 6.07) is 7.18. The molecule has 1 aliphatic rings. The highest BCUT2D eigenvalue weighted by Crippen LogP contribution is 2.25. The van der Waals surface area contributed by atoms with Gasteiger partial charge in [0.25, 0.3) is 5.69 Å². The van der Waals surface area contributed by atoms with Crippen LogP contribution in [0.15, 0.2) is 18.2 Å². The number of nitriles is 1. The SMILES string of the molecule is CCCN(CC1CCCN1)c1ccc([N+](=O)[O-])c(C#N)c1. The van der Waals surface area contributed by atoms with Gasteiger partial charge < -0.3 is 10.2 Å². The molecule has 6 heteroatoms. The zero-order valence-electron chi connectivity index (χ0n) is 12.2. The predicted molar refractivity (Wildman–Crippen MR) is 81.3 cm³/mol. The lowest BCUT2D eigenvalue weighted by atomic mass is 10.1. The van der Waals surface area contributed by atoms with Crippen LogP contribution in [0.2, 0.25) is 0 Å². The van der Waals surface area contributed by atoms with Gasteiger partial charge in [0.05, 0.1) is 4.92 Å². The first kappa shape index (κ1) is 15.3. The molecule has 112 valence electrons. The number of nitro benzene ring substituents is 1. The summed E-state index contributed by atoms with van der Waals surface area (Å²) in [4.78, 5) is 12.6. The van der Waals surface area contributed by atoms with Crippen molar-refractivity contribution in [1.29, 1.82) is 5.26 Å². The molecule has 1 unspecified atom stereocenters. The topological polar surface area (TPSA) is 82.2 Å². The van der Waals surface area contributed by atoms with E-state index in [4.69, 9.17) is 5.26 Å². The van der Waals surface area contributed by atoms with Gasteiger partial charge in [0.1, 0.15) is 11.6 Å². The van der Waals surface area contributed by atoms with E-state index >= 15 is 0 Å². The molecule has 0 aromatic heterocycles. The number of hydrogen-bond donors (Lipinski definition) is 1. The van der Waals surface area contributed by atoms with Crippen molar-refractivity contribution in [3.63, 3.8) is 0 Å². The van der Waals surface area contributed by atoms with Gasteiger partial charge in [0, 0.05) is 30.9 Å². The van der Waals surface area contributed by atoms with E-state index in [0.29, 0.717) is 6.04 Å². The molecule has 1 heterocycles. The Balaban J connectivity index is 2.23. The molecule has 1 aromatic rings. The van der Waals surface area contributed by atoms with Crippen LogP contribution in [0.1, 0.15) is 31.7 Å². The Hall–Kier alpha value is -2.13. The second kappa shape index (κ2) is 7.04. The van der Waals surface area contributed by atoms with Gasteiger partial charge in [0.15, 0.2) is 0 Å². The first-order valence-electron chi connectivity index (χ1n) is 7.32. The van der Waals surface area contributed by atoms with Gasteiger partial charge in [-0.3, -0.25) is 10.1 Å². The fraction of sp³-hybridized carbons (Fsp3) is 0.533. The van der Waals surface area contributed by atoms with Crippen molar-refractivity contribution in [2.24, 2.45) is 0 Å². The molecule has 0 saturated carbocycles. The maximum Gasteiger partial charge on any atom is 0.287 e. The van der Waals surface area contributed by atoms with E-state index in [1.165, 1.54) is 12.5 Å². The standard InChI is InChI=1S/C15H20N4O2/c1-2-8-18(11-13-4-3-7-17-13)14-5-6-15(19(20)21)12(9-14)10-16/h5-6,9,13,17H,2-4,7-8,11H2,1H3. The van der Waals surface area contributed by atoms with Crippen LogP contribution >= 0.6 is 0 Å². The Bertz CT molecular complexity index is 547. The Kier molecular flexibility index (Phi) is 5.12. The van der Waals surface area contributed by atoms with Crippen molar-refractivity contribution in [3.05, 3.63) is 33.9 Å². The first-order chi connectivity index (χ1) is 10.2. The Morgan fingerprint density at radius 2 is 2.38 bits per heavy atom. The molecule has 6 nitrogen and oxygen atoms in total. The summed E-state index contributed by atoms with van der Waals surface area (Å²) < 4.78 is 0. The van der Waals surface area contributed by atoms with E-state index in [1.54, 1.807) is 12.1 Å². The molecule has 21 heavy (non-hydrogen) atoms. The van der Waals surface area contributed by atoms with Crippen LogP contribution < -0.4 is 10.2 Å².